The van der Waals surface area contributed by atoms with E-state index in [1.807, 2.05) is 0 Å². The fourth-order valence-electron chi connectivity index (χ4n) is 1.21. The molecule has 0 aliphatic heterocycles. The largest absolute Gasteiger partial charge is 0.573 e. The Morgan fingerprint density at radius 3 is 2.53 bits per heavy atom. The number of alkyl halides is 4. The van der Waals surface area contributed by atoms with Gasteiger partial charge in [0.05, 0.1) is 25.1 Å². The number of rotatable bonds is 4. The second-order valence-corrected chi connectivity index (χ2v) is 3.49. The Morgan fingerprint density at radius 2 is 2.12 bits per heavy atom. The van der Waals surface area contributed by atoms with Crippen molar-refractivity contribution in [2.75, 3.05) is 7.11 Å². The lowest BCUT2D eigenvalue weighted by atomic mass is 10.2. The van der Waals surface area contributed by atoms with Crippen molar-refractivity contribution >= 4 is 15.9 Å². The van der Waals surface area contributed by atoms with Crippen LogP contribution in [0.2, 0.25) is 0 Å². The zero-order chi connectivity index (χ0) is 13.1. The molecule has 0 spiro atoms. The molecule has 0 aliphatic rings. The summed E-state index contributed by atoms with van der Waals surface area (Å²) in [5.74, 6) is -0.634. The molecule has 1 rings (SSSR count). The normalized spacial score (nSPS) is 11.4. The van der Waals surface area contributed by atoms with E-state index in [1.165, 1.54) is 7.11 Å². The van der Waals surface area contributed by atoms with Gasteiger partial charge in [0, 0.05) is 11.4 Å². The van der Waals surface area contributed by atoms with Crippen LogP contribution >= 0.6 is 15.9 Å². The van der Waals surface area contributed by atoms with E-state index < -0.39 is 18.7 Å². The van der Waals surface area contributed by atoms with E-state index in [1.54, 1.807) is 0 Å². The second kappa shape index (κ2) is 5.54. The quantitative estimate of drug-likeness (QED) is 0.867. The minimum Gasteiger partial charge on any atom is -0.491 e. The Hall–Kier alpha value is -1.02. The van der Waals surface area contributed by atoms with Crippen LogP contribution in [0.1, 0.15) is 11.4 Å². The van der Waals surface area contributed by atoms with Gasteiger partial charge in [0.2, 0.25) is 0 Å². The number of nitrogens with zero attached hydrogens (tertiary/aromatic N) is 1. The smallest absolute Gasteiger partial charge is 0.491 e. The second-order valence-electron chi connectivity index (χ2n) is 2.93. The molecule has 1 aromatic heterocycles. The predicted molar refractivity (Wildman–Crippen MR) is 56.0 cm³/mol. The molecule has 0 amide bonds. The third-order valence-electron chi connectivity index (χ3n) is 1.78. The van der Waals surface area contributed by atoms with Crippen molar-refractivity contribution in [2.45, 2.75) is 18.3 Å². The first-order valence-corrected chi connectivity index (χ1v) is 5.52. The van der Waals surface area contributed by atoms with Crippen LogP contribution in [0, 0.1) is 0 Å². The van der Waals surface area contributed by atoms with Gasteiger partial charge in [0.1, 0.15) is 0 Å². The van der Waals surface area contributed by atoms with Gasteiger partial charge in [-0.05, 0) is 0 Å². The number of aliphatic hydroxyl groups is 1. The molecule has 0 unspecified atom stereocenters. The number of pyridine rings is 1. The van der Waals surface area contributed by atoms with E-state index in [4.69, 9.17) is 9.84 Å². The highest BCUT2D eigenvalue weighted by molar-refractivity contribution is 9.08. The maximum atomic E-state index is 12.2. The summed E-state index contributed by atoms with van der Waals surface area (Å²) in [7, 11) is 1.21. The molecule has 0 aromatic carbocycles. The Kier molecular flexibility index (Phi) is 4.58. The van der Waals surface area contributed by atoms with Crippen LogP contribution in [0.5, 0.6) is 11.5 Å². The van der Waals surface area contributed by atoms with Crippen molar-refractivity contribution in [3.63, 3.8) is 0 Å². The summed E-state index contributed by atoms with van der Waals surface area (Å²) in [4.78, 5) is 3.90. The van der Waals surface area contributed by atoms with Crippen LogP contribution in [0.25, 0.3) is 0 Å². The van der Waals surface area contributed by atoms with Gasteiger partial charge in [-0.1, -0.05) is 15.9 Å². The molecule has 1 N–H and O–H groups in total. The van der Waals surface area contributed by atoms with E-state index >= 15 is 0 Å². The van der Waals surface area contributed by atoms with Gasteiger partial charge in [0.15, 0.2) is 11.5 Å². The van der Waals surface area contributed by atoms with Crippen LogP contribution in [-0.2, 0) is 11.9 Å². The topological polar surface area (TPSA) is 51.6 Å². The van der Waals surface area contributed by atoms with Gasteiger partial charge in [-0.15, -0.1) is 13.2 Å². The number of methoxy groups -OCH3 is 1. The highest BCUT2D eigenvalue weighted by Gasteiger charge is 2.33. The highest BCUT2D eigenvalue weighted by atomic mass is 79.9. The lowest BCUT2D eigenvalue weighted by Crippen LogP contribution is -2.18. The SMILES string of the molecule is COc1c(OC(F)(F)F)cc(CO)nc1CBr. The van der Waals surface area contributed by atoms with Crippen LogP contribution < -0.4 is 9.47 Å². The molecule has 0 radical (unpaired) electrons. The maximum Gasteiger partial charge on any atom is 0.573 e. The molecule has 1 heterocycles. The minimum atomic E-state index is -4.83. The van der Waals surface area contributed by atoms with Gasteiger partial charge in [0.25, 0.3) is 0 Å². The number of aromatic nitrogens is 1. The van der Waals surface area contributed by atoms with Gasteiger partial charge < -0.3 is 14.6 Å². The molecule has 0 atom stereocenters. The van der Waals surface area contributed by atoms with Crippen molar-refractivity contribution in [3.05, 3.63) is 17.5 Å². The number of halogens is 4. The molecule has 17 heavy (non-hydrogen) atoms. The average Bonchev–Trinajstić information content (AvgIpc) is 2.25. The zero-order valence-electron chi connectivity index (χ0n) is 8.71. The Morgan fingerprint density at radius 1 is 1.47 bits per heavy atom. The summed E-state index contributed by atoms with van der Waals surface area (Å²) < 4.78 is 45.1. The van der Waals surface area contributed by atoms with Crippen LogP contribution in [0.3, 0.4) is 0 Å². The van der Waals surface area contributed by atoms with Crippen molar-refractivity contribution in [2.24, 2.45) is 0 Å². The molecule has 0 bridgehead atoms. The molecule has 0 fully saturated rings. The first kappa shape index (κ1) is 14.0. The molecule has 96 valence electrons. The molecule has 0 saturated carbocycles. The number of hydrogen-bond donors (Lipinski definition) is 1. The summed E-state index contributed by atoms with van der Waals surface area (Å²) >= 11 is 3.07. The zero-order valence-corrected chi connectivity index (χ0v) is 10.3. The van der Waals surface area contributed by atoms with E-state index in [0.29, 0.717) is 0 Å². The van der Waals surface area contributed by atoms with Crippen molar-refractivity contribution in [1.29, 1.82) is 0 Å². The summed E-state index contributed by atoms with van der Waals surface area (Å²) in [5.41, 5.74) is 0.290. The van der Waals surface area contributed by atoms with Gasteiger partial charge in [-0.3, -0.25) is 4.98 Å². The molecular formula is C9H9BrF3NO3. The van der Waals surface area contributed by atoms with Gasteiger partial charge in [-0.2, -0.15) is 0 Å². The number of ether oxygens (including phenoxy) is 2. The van der Waals surface area contributed by atoms with Crippen LogP contribution in [-0.4, -0.2) is 23.6 Å². The summed E-state index contributed by atoms with van der Waals surface area (Å²) in [6, 6.07) is 0.985. The highest BCUT2D eigenvalue weighted by Crippen LogP contribution is 2.35. The third-order valence-corrected chi connectivity index (χ3v) is 2.31. The fraction of sp³-hybridized carbons (Fsp3) is 0.444. The molecule has 0 aliphatic carbocycles. The third kappa shape index (κ3) is 3.74. The number of hydrogen-bond acceptors (Lipinski definition) is 4. The molecular weight excluding hydrogens is 307 g/mol. The van der Waals surface area contributed by atoms with Crippen molar-refractivity contribution in [3.8, 4) is 11.5 Å². The van der Waals surface area contributed by atoms with E-state index in [2.05, 4.69) is 25.7 Å². The monoisotopic (exact) mass is 315 g/mol. The fourth-order valence-corrected chi connectivity index (χ4v) is 1.59. The minimum absolute atomic E-state index is 0.0690. The lowest BCUT2D eigenvalue weighted by Gasteiger charge is -2.15. The van der Waals surface area contributed by atoms with Crippen LogP contribution in [0.15, 0.2) is 6.07 Å². The Labute approximate surface area is 103 Å². The van der Waals surface area contributed by atoms with E-state index in [9.17, 15) is 13.2 Å². The maximum absolute atomic E-state index is 12.2. The Balaban J connectivity index is 3.24. The first-order chi connectivity index (χ1) is 7.91. The summed E-state index contributed by atoms with van der Waals surface area (Å²) in [6.07, 6.45) is -4.83. The Bertz CT molecular complexity index is 398. The van der Waals surface area contributed by atoms with Crippen LogP contribution in [0.4, 0.5) is 13.2 Å². The first-order valence-electron chi connectivity index (χ1n) is 4.40. The standard InChI is InChI=1S/C9H9BrF3NO3/c1-16-8-6(3-10)14-5(4-15)2-7(8)17-9(11,12)13/h2,15H,3-4H2,1H3. The van der Waals surface area contributed by atoms with E-state index in [0.717, 1.165) is 6.07 Å². The van der Waals surface area contributed by atoms with E-state index in [-0.39, 0.29) is 22.5 Å². The molecule has 8 heteroatoms. The summed E-state index contributed by atoms with van der Waals surface area (Å²) in [5, 5.41) is 9.07. The molecule has 4 nitrogen and oxygen atoms in total. The average molecular weight is 316 g/mol. The lowest BCUT2D eigenvalue weighted by molar-refractivity contribution is -0.275. The molecule has 0 saturated heterocycles. The van der Waals surface area contributed by atoms with Crippen molar-refractivity contribution in [1.82, 2.24) is 4.98 Å². The van der Waals surface area contributed by atoms with Gasteiger partial charge in [-0.25, -0.2) is 0 Å². The van der Waals surface area contributed by atoms with Gasteiger partial charge >= 0.3 is 6.36 Å². The van der Waals surface area contributed by atoms with Crippen molar-refractivity contribution < 1.29 is 27.8 Å². The number of aliphatic hydroxyl groups excluding tert-OH is 1. The predicted octanol–water partition coefficient (Wildman–Crippen LogP) is 2.38. The summed E-state index contributed by atoms with van der Waals surface area (Å²) in [6.45, 7) is -0.488. The molecule has 1 aromatic rings.